The molecule has 26 heavy (non-hydrogen) atoms. The quantitative estimate of drug-likeness (QED) is 0.808. The standard InChI is InChI=1S/C19H28N4O3/c1-14(2)23-9-5-7-16(19(23)25)21-10-12-22(13-11-21)18(24)15-6-4-8-20-17(15)26-3/h4,6,8,14,16H,5,7,9-13H2,1-3H3/t16-/m1/s1. The van der Waals surface area contributed by atoms with E-state index in [1.807, 2.05) is 9.80 Å². The molecule has 7 heteroatoms. The number of methoxy groups -OCH3 is 1. The molecular weight excluding hydrogens is 332 g/mol. The fourth-order valence-corrected chi connectivity index (χ4v) is 3.85. The lowest BCUT2D eigenvalue weighted by Crippen LogP contribution is -2.59. The molecule has 3 heterocycles. The van der Waals surface area contributed by atoms with Crippen LogP contribution in [0.15, 0.2) is 18.3 Å². The molecule has 2 aliphatic heterocycles. The lowest BCUT2D eigenvalue weighted by Gasteiger charge is -2.43. The van der Waals surface area contributed by atoms with Gasteiger partial charge in [-0.2, -0.15) is 0 Å². The number of carbonyl (C=O) groups excluding carboxylic acids is 2. The van der Waals surface area contributed by atoms with E-state index in [0.717, 1.165) is 32.5 Å². The molecule has 2 aliphatic rings. The van der Waals surface area contributed by atoms with Crippen LogP contribution in [0.1, 0.15) is 37.0 Å². The van der Waals surface area contributed by atoms with Crippen LogP contribution in [0.25, 0.3) is 0 Å². The number of amides is 2. The fraction of sp³-hybridized carbons (Fsp3) is 0.632. The number of ether oxygens (including phenoxy) is 1. The summed E-state index contributed by atoms with van der Waals surface area (Å²) < 4.78 is 5.20. The SMILES string of the molecule is COc1ncccc1C(=O)N1CCN([C@@H]2CCCN(C(C)C)C2=O)CC1. The van der Waals surface area contributed by atoms with E-state index in [2.05, 4.69) is 23.7 Å². The number of carbonyl (C=O) groups is 2. The Kier molecular flexibility index (Phi) is 5.76. The number of aromatic nitrogens is 1. The maximum atomic E-state index is 12.8. The summed E-state index contributed by atoms with van der Waals surface area (Å²) in [6.45, 7) is 7.65. The maximum Gasteiger partial charge on any atom is 0.259 e. The number of hydrogen-bond acceptors (Lipinski definition) is 5. The Balaban J connectivity index is 1.62. The Morgan fingerprint density at radius 1 is 1.23 bits per heavy atom. The van der Waals surface area contributed by atoms with Crippen molar-refractivity contribution in [2.24, 2.45) is 0 Å². The van der Waals surface area contributed by atoms with E-state index in [-0.39, 0.29) is 23.9 Å². The Morgan fingerprint density at radius 3 is 2.62 bits per heavy atom. The van der Waals surface area contributed by atoms with E-state index in [0.29, 0.717) is 24.5 Å². The average molecular weight is 360 g/mol. The minimum atomic E-state index is -0.0617. The minimum Gasteiger partial charge on any atom is -0.480 e. The smallest absolute Gasteiger partial charge is 0.259 e. The first-order valence-corrected chi connectivity index (χ1v) is 9.35. The molecular formula is C19H28N4O3. The highest BCUT2D eigenvalue weighted by Gasteiger charge is 2.36. The number of pyridine rings is 1. The lowest BCUT2D eigenvalue weighted by atomic mass is 10.0. The summed E-state index contributed by atoms with van der Waals surface area (Å²) >= 11 is 0. The van der Waals surface area contributed by atoms with Gasteiger partial charge in [0, 0.05) is 45.0 Å². The summed E-state index contributed by atoms with van der Waals surface area (Å²) in [5, 5.41) is 0. The highest BCUT2D eigenvalue weighted by atomic mass is 16.5. The zero-order chi connectivity index (χ0) is 18.7. The van der Waals surface area contributed by atoms with E-state index >= 15 is 0 Å². The van der Waals surface area contributed by atoms with Crippen LogP contribution < -0.4 is 4.74 Å². The Morgan fingerprint density at radius 2 is 1.96 bits per heavy atom. The van der Waals surface area contributed by atoms with Crippen molar-refractivity contribution in [3.05, 3.63) is 23.9 Å². The predicted molar refractivity (Wildman–Crippen MR) is 98.1 cm³/mol. The summed E-state index contributed by atoms with van der Waals surface area (Å²) in [7, 11) is 1.52. The van der Waals surface area contributed by atoms with E-state index in [1.54, 1.807) is 18.3 Å². The highest BCUT2D eigenvalue weighted by Crippen LogP contribution is 2.22. The van der Waals surface area contributed by atoms with E-state index in [9.17, 15) is 9.59 Å². The second kappa shape index (κ2) is 8.03. The van der Waals surface area contributed by atoms with Gasteiger partial charge in [0.1, 0.15) is 5.56 Å². The van der Waals surface area contributed by atoms with Gasteiger partial charge in [-0.1, -0.05) is 0 Å². The number of hydrogen-bond donors (Lipinski definition) is 0. The van der Waals surface area contributed by atoms with Crippen molar-refractivity contribution in [2.75, 3.05) is 39.8 Å². The van der Waals surface area contributed by atoms with Crippen molar-refractivity contribution in [1.29, 1.82) is 0 Å². The molecule has 7 nitrogen and oxygen atoms in total. The number of piperazine rings is 1. The van der Waals surface area contributed by atoms with E-state index in [1.165, 1.54) is 7.11 Å². The number of nitrogens with zero attached hydrogens (tertiary/aromatic N) is 4. The molecule has 2 fully saturated rings. The Labute approximate surface area is 154 Å². The van der Waals surface area contributed by atoms with Crippen molar-refractivity contribution < 1.29 is 14.3 Å². The van der Waals surface area contributed by atoms with Crippen LogP contribution in [0.5, 0.6) is 5.88 Å². The molecule has 0 aromatic carbocycles. The van der Waals surface area contributed by atoms with Crippen LogP contribution in [0.2, 0.25) is 0 Å². The maximum absolute atomic E-state index is 12.8. The molecule has 142 valence electrons. The van der Waals surface area contributed by atoms with Gasteiger partial charge in [-0.3, -0.25) is 14.5 Å². The highest BCUT2D eigenvalue weighted by molar-refractivity contribution is 5.96. The minimum absolute atomic E-state index is 0.0451. The number of rotatable bonds is 4. The van der Waals surface area contributed by atoms with E-state index < -0.39 is 0 Å². The fourth-order valence-electron chi connectivity index (χ4n) is 3.85. The van der Waals surface area contributed by atoms with Crippen LogP contribution in [0.3, 0.4) is 0 Å². The molecule has 3 rings (SSSR count). The van der Waals surface area contributed by atoms with Gasteiger partial charge in [-0.05, 0) is 38.8 Å². The summed E-state index contributed by atoms with van der Waals surface area (Å²) in [4.78, 5) is 35.7. The zero-order valence-corrected chi connectivity index (χ0v) is 15.9. The lowest BCUT2D eigenvalue weighted by molar-refractivity contribution is -0.142. The summed E-state index contributed by atoms with van der Waals surface area (Å²) in [6.07, 6.45) is 3.57. The van der Waals surface area contributed by atoms with Crippen molar-refractivity contribution in [3.63, 3.8) is 0 Å². The molecule has 0 spiro atoms. The average Bonchev–Trinajstić information content (AvgIpc) is 2.67. The van der Waals surface area contributed by atoms with Crippen molar-refractivity contribution >= 4 is 11.8 Å². The Bertz CT molecular complexity index is 656. The molecule has 0 bridgehead atoms. The topological polar surface area (TPSA) is 66.0 Å². The van der Waals surface area contributed by atoms with Crippen molar-refractivity contribution in [2.45, 2.75) is 38.8 Å². The van der Waals surface area contributed by atoms with Crippen LogP contribution in [0.4, 0.5) is 0 Å². The van der Waals surface area contributed by atoms with Gasteiger partial charge >= 0.3 is 0 Å². The molecule has 1 aromatic heterocycles. The summed E-state index contributed by atoms with van der Waals surface area (Å²) in [5.74, 6) is 0.531. The van der Waals surface area contributed by atoms with Gasteiger partial charge < -0.3 is 14.5 Å². The molecule has 0 unspecified atom stereocenters. The monoisotopic (exact) mass is 360 g/mol. The molecule has 0 aliphatic carbocycles. The second-order valence-electron chi connectivity index (χ2n) is 7.17. The van der Waals surface area contributed by atoms with Crippen molar-refractivity contribution in [3.8, 4) is 5.88 Å². The second-order valence-corrected chi connectivity index (χ2v) is 7.17. The van der Waals surface area contributed by atoms with E-state index in [4.69, 9.17) is 4.74 Å². The first kappa shape index (κ1) is 18.6. The first-order chi connectivity index (χ1) is 12.5. The van der Waals surface area contributed by atoms with Crippen LogP contribution >= 0.6 is 0 Å². The molecule has 1 atom stereocenters. The van der Waals surface area contributed by atoms with Crippen LogP contribution in [0, 0.1) is 0 Å². The molecule has 0 N–H and O–H groups in total. The van der Waals surface area contributed by atoms with Gasteiger partial charge in [0.05, 0.1) is 13.2 Å². The number of piperidine rings is 1. The third kappa shape index (κ3) is 3.67. The number of likely N-dealkylation sites (tertiary alicyclic amines) is 1. The third-order valence-electron chi connectivity index (χ3n) is 5.31. The van der Waals surface area contributed by atoms with Gasteiger partial charge in [-0.15, -0.1) is 0 Å². The molecule has 0 radical (unpaired) electrons. The van der Waals surface area contributed by atoms with Crippen molar-refractivity contribution in [1.82, 2.24) is 19.7 Å². The van der Waals surface area contributed by atoms with Crippen LogP contribution in [-0.2, 0) is 4.79 Å². The van der Waals surface area contributed by atoms with Gasteiger partial charge in [0.15, 0.2) is 0 Å². The molecule has 2 saturated heterocycles. The zero-order valence-electron chi connectivity index (χ0n) is 15.9. The van der Waals surface area contributed by atoms with Gasteiger partial charge in [0.25, 0.3) is 5.91 Å². The molecule has 1 aromatic rings. The molecule has 2 amide bonds. The third-order valence-corrected chi connectivity index (χ3v) is 5.31. The molecule has 0 saturated carbocycles. The Hall–Kier alpha value is -2.15. The largest absolute Gasteiger partial charge is 0.480 e. The summed E-state index contributed by atoms with van der Waals surface area (Å²) in [6, 6.07) is 3.68. The van der Waals surface area contributed by atoms with Gasteiger partial charge in [0.2, 0.25) is 11.8 Å². The van der Waals surface area contributed by atoms with Gasteiger partial charge in [-0.25, -0.2) is 4.98 Å². The summed E-state index contributed by atoms with van der Waals surface area (Å²) in [5.41, 5.74) is 0.489. The predicted octanol–water partition coefficient (Wildman–Crippen LogP) is 1.25. The van der Waals surface area contributed by atoms with Crippen LogP contribution in [-0.4, -0.2) is 83.4 Å². The normalized spacial score (nSPS) is 22.0. The first-order valence-electron chi connectivity index (χ1n) is 9.35.